The van der Waals surface area contributed by atoms with Gasteiger partial charge in [0.15, 0.2) is 11.6 Å². The normalized spacial score (nSPS) is 12.6. The molecule has 11 rings (SSSR count). The van der Waals surface area contributed by atoms with E-state index in [1.807, 2.05) is 12.1 Å². The highest BCUT2D eigenvalue weighted by molar-refractivity contribution is 6.41. The molecule has 2 aliphatic rings. The van der Waals surface area contributed by atoms with Gasteiger partial charge < -0.3 is 4.90 Å². The van der Waals surface area contributed by atoms with E-state index in [4.69, 9.17) is 0 Å². The molecule has 9 aromatic carbocycles. The number of rotatable bonds is 6. The van der Waals surface area contributed by atoms with Crippen molar-refractivity contribution in [1.29, 1.82) is 0 Å². The summed E-state index contributed by atoms with van der Waals surface area (Å²) >= 11 is 0. The number of fused-ring (bicyclic) bond motifs is 5. The summed E-state index contributed by atoms with van der Waals surface area (Å²) in [5, 5.41) is 4.58. The number of hydrogen-bond acceptors (Lipinski definition) is 3. The lowest BCUT2D eigenvalue weighted by Gasteiger charge is -2.27. The summed E-state index contributed by atoms with van der Waals surface area (Å²) in [6.07, 6.45) is 1.79. The van der Waals surface area contributed by atoms with Crippen molar-refractivity contribution >= 4 is 56.2 Å². The first-order valence-electron chi connectivity index (χ1n) is 20.9. The Labute approximate surface area is 355 Å². The Hall–Kier alpha value is -7.62. The zero-order chi connectivity index (χ0) is 41.5. The van der Waals surface area contributed by atoms with E-state index < -0.39 is 0 Å². The van der Waals surface area contributed by atoms with E-state index in [9.17, 15) is 9.59 Å². The predicted molar refractivity (Wildman–Crippen MR) is 253 cm³/mol. The molecule has 3 nitrogen and oxygen atoms in total. The molecule has 0 bridgehead atoms. The molecule has 2 aliphatic carbocycles. The van der Waals surface area contributed by atoms with Crippen LogP contribution in [0.15, 0.2) is 175 Å². The van der Waals surface area contributed by atoms with Gasteiger partial charge in [-0.05, 0) is 148 Å². The van der Waals surface area contributed by atoms with Crippen molar-refractivity contribution in [2.75, 3.05) is 4.90 Å². The molecule has 0 amide bonds. The van der Waals surface area contributed by atoms with Crippen LogP contribution in [0.4, 0.5) is 17.1 Å². The maximum absolute atomic E-state index is 13.7. The molecular formula is C58H41NO2. The molecular weight excluding hydrogens is 743 g/mol. The molecule has 0 N–H and O–H groups in total. The Balaban J connectivity index is 1.24. The third kappa shape index (κ3) is 5.65. The third-order valence-corrected chi connectivity index (χ3v) is 12.8. The second-order valence-electron chi connectivity index (χ2n) is 16.6. The molecule has 0 spiro atoms. The molecule has 9 aromatic rings. The minimum Gasteiger partial charge on any atom is -0.310 e. The van der Waals surface area contributed by atoms with Gasteiger partial charge in [-0.25, -0.2) is 0 Å². The van der Waals surface area contributed by atoms with Crippen LogP contribution in [0.1, 0.15) is 48.5 Å². The summed E-state index contributed by atoms with van der Waals surface area (Å²) in [4.78, 5) is 29.7. The Kier molecular flexibility index (Phi) is 8.37. The topological polar surface area (TPSA) is 37.4 Å². The average Bonchev–Trinajstić information content (AvgIpc) is 3.73. The lowest BCUT2D eigenvalue weighted by molar-refractivity contribution is 0.0990. The maximum Gasteiger partial charge on any atom is 0.197 e. The molecule has 290 valence electrons. The van der Waals surface area contributed by atoms with E-state index in [1.54, 1.807) is 18.2 Å². The number of benzene rings is 9. The zero-order valence-corrected chi connectivity index (χ0v) is 34.5. The van der Waals surface area contributed by atoms with Crippen LogP contribution in [0.2, 0.25) is 0 Å². The monoisotopic (exact) mass is 783 g/mol. The fourth-order valence-corrected chi connectivity index (χ4v) is 9.79. The van der Waals surface area contributed by atoms with Crippen molar-refractivity contribution in [3.63, 3.8) is 0 Å². The van der Waals surface area contributed by atoms with Crippen LogP contribution >= 0.6 is 0 Å². The van der Waals surface area contributed by atoms with Crippen molar-refractivity contribution < 1.29 is 9.59 Å². The smallest absolute Gasteiger partial charge is 0.197 e. The summed E-state index contributed by atoms with van der Waals surface area (Å²) in [6.45, 7) is 8.64. The third-order valence-electron chi connectivity index (χ3n) is 12.8. The summed E-state index contributed by atoms with van der Waals surface area (Å²) in [7, 11) is 0. The minimum absolute atomic E-state index is 0.203. The Morgan fingerprint density at radius 1 is 0.393 bits per heavy atom. The molecule has 3 heteroatoms. The highest BCUT2D eigenvalue weighted by Gasteiger charge is 2.34. The van der Waals surface area contributed by atoms with Gasteiger partial charge in [0.1, 0.15) is 0 Å². The van der Waals surface area contributed by atoms with Crippen molar-refractivity contribution in [1.82, 2.24) is 0 Å². The SMILES string of the molecule is Cc1ccc(N(c2ccc(C)cc2)c2ccc3c4c(cccc24)-c2c-3c(-c3ccccc3C)c3ccc(C=C4C(=O)c5ccccc5C4=O)cc3c2-c2ccccc2C)cc1. The summed E-state index contributed by atoms with van der Waals surface area (Å²) < 4.78 is 0. The number of ketones is 2. The average molecular weight is 784 g/mol. The van der Waals surface area contributed by atoms with Gasteiger partial charge in [-0.3, -0.25) is 9.59 Å². The molecule has 0 saturated carbocycles. The molecule has 0 saturated heterocycles. The standard InChI is InChI=1S/C58H41NO2/c1-34-20-25-39(26-21-34)59(40-27-22-35(2)23-28-40)51-31-30-48-52-46(51)18-11-19-47(52)55-54(42-15-8-6-13-37(42)4)49-32-38(33-50-57(60)44-16-9-10-17-45(44)58(50)61)24-29-43(49)53(56(48)55)41-14-7-5-12-36(41)3/h5-33H,1-4H3. The van der Waals surface area contributed by atoms with Gasteiger partial charge in [0.25, 0.3) is 0 Å². The van der Waals surface area contributed by atoms with E-state index in [0.29, 0.717) is 11.1 Å². The van der Waals surface area contributed by atoms with E-state index >= 15 is 0 Å². The first-order valence-corrected chi connectivity index (χ1v) is 20.9. The maximum atomic E-state index is 13.7. The summed E-state index contributed by atoms with van der Waals surface area (Å²) in [5.74, 6) is -0.449. The van der Waals surface area contributed by atoms with Gasteiger partial charge in [0.2, 0.25) is 0 Å². The van der Waals surface area contributed by atoms with Crippen LogP contribution < -0.4 is 4.90 Å². The molecule has 0 heterocycles. The number of allylic oxidation sites excluding steroid dienone is 1. The summed E-state index contributed by atoms with van der Waals surface area (Å²) in [6, 6.07) is 59.9. The van der Waals surface area contributed by atoms with E-state index in [-0.39, 0.29) is 17.1 Å². The number of Topliss-reactive ketones (excluding diaryl/α,β-unsaturated/α-hetero) is 2. The summed E-state index contributed by atoms with van der Waals surface area (Å²) in [5.41, 5.74) is 19.5. The highest BCUT2D eigenvalue weighted by Crippen LogP contribution is 2.59. The quantitative estimate of drug-likeness (QED) is 0.124. The Morgan fingerprint density at radius 2 is 0.885 bits per heavy atom. The molecule has 0 aromatic heterocycles. The molecule has 61 heavy (non-hydrogen) atoms. The van der Waals surface area contributed by atoms with Crippen molar-refractivity contribution in [2.45, 2.75) is 27.7 Å². The number of carbonyl (C=O) groups excluding carboxylic acids is 2. The Bertz CT molecular complexity index is 3290. The lowest BCUT2D eigenvalue weighted by Crippen LogP contribution is -2.10. The largest absolute Gasteiger partial charge is 0.310 e. The number of hydrogen-bond donors (Lipinski definition) is 0. The van der Waals surface area contributed by atoms with Gasteiger partial charge >= 0.3 is 0 Å². The van der Waals surface area contributed by atoms with Crippen molar-refractivity contribution in [3.8, 4) is 44.5 Å². The van der Waals surface area contributed by atoms with E-state index in [2.05, 4.69) is 178 Å². The first-order chi connectivity index (χ1) is 29.8. The second kappa shape index (κ2) is 14.0. The molecule has 0 aliphatic heterocycles. The van der Waals surface area contributed by atoms with Crippen LogP contribution in [-0.2, 0) is 0 Å². The number of carbonyl (C=O) groups is 2. The zero-order valence-electron chi connectivity index (χ0n) is 34.5. The fraction of sp³-hybridized carbons (Fsp3) is 0.0690. The van der Waals surface area contributed by atoms with Crippen LogP contribution in [0.3, 0.4) is 0 Å². The van der Waals surface area contributed by atoms with Crippen LogP contribution in [0.25, 0.3) is 72.1 Å². The molecule has 0 radical (unpaired) electrons. The van der Waals surface area contributed by atoms with Crippen molar-refractivity contribution in [3.05, 3.63) is 214 Å². The minimum atomic E-state index is -0.224. The van der Waals surface area contributed by atoms with Crippen LogP contribution in [0.5, 0.6) is 0 Å². The van der Waals surface area contributed by atoms with Crippen LogP contribution in [0, 0.1) is 27.7 Å². The number of nitrogens with zero attached hydrogens (tertiary/aromatic N) is 1. The van der Waals surface area contributed by atoms with Gasteiger partial charge in [-0.15, -0.1) is 0 Å². The second-order valence-corrected chi connectivity index (χ2v) is 16.6. The fourth-order valence-electron chi connectivity index (χ4n) is 9.79. The van der Waals surface area contributed by atoms with Crippen molar-refractivity contribution in [2.24, 2.45) is 0 Å². The van der Waals surface area contributed by atoms with Gasteiger partial charge in [-0.2, -0.15) is 0 Å². The molecule has 0 unspecified atom stereocenters. The van der Waals surface area contributed by atoms with E-state index in [0.717, 1.165) is 44.5 Å². The molecule has 0 atom stereocenters. The lowest BCUT2D eigenvalue weighted by atomic mass is 9.80. The highest BCUT2D eigenvalue weighted by atomic mass is 16.2. The predicted octanol–water partition coefficient (Wildman–Crippen LogP) is 15.1. The van der Waals surface area contributed by atoms with Gasteiger partial charge in [0.05, 0.1) is 11.3 Å². The number of aryl methyl sites for hydroxylation is 4. The van der Waals surface area contributed by atoms with Gasteiger partial charge in [0, 0.05) is 27.9 Å². The van der Waals surface area contributed by atoms with E-state index in [1.165, 1.54) is 66.4 Å². The molecule has 0 fully saturated rings. The Morgan fingerprint density at radius 3 is 1.44 bits per heavy atom. The van der Waals surface area contributed by atoms with Gasteiger partial charge in [-0.1, -0.05) is 145 Å². The van der Waals surface area contributed by atoms with Crippen LogP contribution in [-0.4, -0.2) is 11.6 Å². The first kappa shape index (κ1) is 36.5. The number of anilines is 3.